The molecular formula is C11H19N3. The predicted octanol–water partition coefficient (Wildman–Crippen LogP) is 1.72. The summed E-state index contributed by atoms with van der Waals surface area (Å²) < 4.78 is 0. The summed E-state index contributed by atoms with van der Waals surface area (Å²) in [5.41, 5.74) is 13.7. The highest BCUT2D eigenvalue weighted by molar-refractivity contribution is 5.44. The van der Waals surface area contributed by atoms with Crippen molar-refractivity contribution in [1.29, 1.82) is 0 Å². The van der Waals surface area contributed by atoms with Crippen molar-refractivity contribution in [3.8, 4) is 0 Å². The van der Waals surface area contributed by atoms with Gasteiger partial charge in [0, 0.05) is 24.1 Å². The monoisotopic (exact) mass is 193 g/mol. The van der Waals surface area contributed by atoms with Crippen molar-refractivity contribution < 1.29 is 0 Å². The third kappa shape index (κ3) is 3.34. The second-order valence-corrected chi connectivity index (χ2v) is 3.66. The molecule has 0 aliphatic rings. The standard InChI is InChI=1S/C11H19N3/c1-2-3-10(12)5-4-9-8-14-7-6-11(9)13/h6-8,10H,2-5,12H2,1H3,(H2,13,14). The first-order chi connectivity index (χ1) is 6.74. The first kappa shape index (κ1) is 11.0. The van der Waals surface area contributed by atoms with E-state index >= 15 is 0 Å². The van der Waals surface area contributed by atoms with Gasteiger partial charge in [-0.05, 0) is 30.9 Å². The van der Waals surface area contributed by atoms with Crippen molar-refractivity contribution in [2.24, 2.45) is 5.73 Å². The molecule has 0 aliphatic carbocycles. The van der Waals surface area contributed by atoms with E-state index in [1.807, 2.05) is 12.3 Å². The fourth-order valence-electron chi connectivity index (χ4n) is 1.50. The maximum atomic E-state index is 5.92. The molecule has 4 N–H and O–H groups in total. The highest BCUT2D eigenvalue weighted by Gasteiger charge is 2.03. The highest BCUT2D eigenvalue weighted by Crippen LogP contribution is 2.12. The average Bonchev–Trinajstić information content (AvgIpc) is 2.17. The highest BCUT2D eigenvalue weighted by atomic mass is 14.7. The van der Waals surface area contributed by atoms with Gasteiger partial charge in [0.2, 0.25) is 0 Å². The topological polar surface area (TPSA) is 64.9 Å². The molecule has 0 bridgehead atoms. The van der Waals surface area contributed by atoms with Gasteiger partial charge in [-0.3, -0.25) is 4.98 Å². The molecule has 0 spiro atoms. The zero-order chi connectivity index (χ0) is 10.4. The van der Waals surface area contributed by atoms with Crippen LogP contribution in [0.25, 0.3) is 0 Å². The molecule has 0 aliphatic heterocycles. The smallest absolute Gasteiger partial charge is 0.0377 e. The summed E-state index contributed by atoms with van der Waals surface area (Å²) in [6.07, 6.45) is 7.69. The van der Waals surface area contributed by atoms with Crippen LogP contribution in [0.15, 0.2) is 18.5 Å². The molecule has 0 radical (unpaired) electrons. The minimum Gasteiger partial charge on any atom is -0.398 e. The molecule has 1 heterocycles. The van der Waals surface area contributed by atoms with E-state index in [9.17, 15) is 0 Å². The number of nitrogens with two attached hydrogens (primary N) is 2. The van der Waals surface area contributed by atoms with E-state index in [0.29, 0.717) is 6.04 Å². The van der Waals surface area contributed by atoms with Crippen molar-refractivity contribution in [3.63, 3.8) is 0 Å². The Morgan fingerprint density at radius 3 is 2.86 bits per heavy atom. The fourth-order valence-corrected chi connectivity index (χ4v) is 1.50. The third-order valence-corrected chi connectivity index (χ3v) is 2.39. The lowest BCUT2D eigenvalue weighted by atomic mass is 10.0. The van der Waals surface area contributed by atoms with Crippen molar-refractivity contribution in [1.82, 2.24) is 4.98 Å². The normalized spacial score (nSPS) is 12.7. The minimum absolute atomic E-state index is 0.291. The van der Waals surface area contributed by atoms with Gasteiger partial charge in [-0.1, -0.05) is 13.3 Å². The Kier molecular flexibility index (Phi) is 4.40. The molecule has 1 aromatic rings. The van der Waals surface area contributed by atoms with Gasteiger partial charge in [0.1, 0.15) is 0 Å². The van der Waals surface area contributed by atoms with E-state index in [0.717, 1.165) is 36.9 Å². The molecule has 0 fully saturated rings. The Bertz CT molecular complexity index is 273. The number of nitrogen functional groups attached to an aromatic ring is 1. The number of hydrogen-bond donors (Lipinski definition) is 2. The van der Waals surface area contributed by atoms with Crippen LogP contribution in [0.2, 0.25) is 0 Å². The van der Waals surface area contributed by atoms with Crippen LogP contribution in [0.4, 0.5) is 5.69 Å². The van der Waals surface area contributed by atoms with E-state index in [4.69, 9.17) is 11.5 Å². The van der Waals surface area contributed by atoms with Crippen LogP contribution in [0.5, 0.6) is 0 Å². The van der Waals surface area contributed by atoms with E-state index in [1.54, 1.807) is 6.20 Å². The van der Waals surface area contributed by atoms with Gasteiger partial charge in [0.05, 0.1) is 0 Å². The van der Waals surface area contributed by atoms with Gasteiger partial charge in [0.25, 0.3) is 0 Å². The van der Waals surface area contributed by atoms with Crippen LogP contribution >= 0.6 is 0 Å². The first-order valence-electron chi connectivity index (χ1n) is 5.18. The maximum absolute atomic E-state index is 5.92. The summed E-state index contributed by atoms with van der Waals surface area (Å²) in [5, 5.41) is 0. The van der Waals surface area contributed by atoms with Gasteiger partial charge < -0.3 is 11.5 Å². The largest absolute Gasteiger partial charge is 0.398 e. The molecule has 0 saturated heterocycles. The molecule has 78 valence electrons. The van der Waals surface area contributed by atoms with Crippen molar-refractivity contribution >= 4 is 5.69 Å². The number of anilines is 1. The van der Waals surface area contributed by atoms with Crippen LogP contribution in [0, 0.1) is 0 Å². The van der Waals surface area contributed by atoms with Gasteiger partial charge >= 0.3 is 0 Å². The summed E-state index contributed by atoms with van der Waals surface area (Å²) in [5.74, 6) is 0. The molecule has 0 aromatic carbocycles. The van der Waals surface area contributed by atoms with Crippen LogP contribution in [-0.2, 0) is 6.42 Å². The number of aryl methyl sites for hydroxylation is 1. The van der Waals surface area contributed by atoms with Crippen LogP contribution in [-0.4, -0.2) is 11.0 Å². The number of pyridine rings is 1. The van der Waals surface area contributed by atoms with E-state index in [2.05, 4.69) is 11.9 Å². The second-order valence-electron chi connectivity index (χ2n) is 3.66. The second kappa shape index (κ2) is 5.60. The lowest BCUT2D eigenvalue weighted by molar-refractivity contribution is 0.561. The van der Waals surface area contributed by atoms with E-state index in [1.165, 1.54) is 0 Å². The summed E-state index contributed by atoms with van der Waals surface area (Å²) in [6.45, 7) is 2.15. The zero-order valence-electron chi connectivity index (χ0n) is 8.74. The van der Waals surface area contributed by atoms with Crippen LogP contribution < -0.4 is 11.5 Å². The molecule has 0 amide bonds. The number of hydrogen-bond acceptors (Lipinski definition) is 3. The van der Waals surface area contributed by atoms with Gasteiger partial charge in [-0.15, -0.1) is 0 Å². The SMILES string of the molecule is CCCC(N)CCc1cnccc1N. The molecule has 1 unspecified atom stereocenters. The zero-order valence-corrected chi connectivity index (χ0v) is 8.74. The molecule has 1 aromatic heterocycles. The Labute approximate surface area is 85.5 Å². The van der Waals surface area contributed by atoms with Crippen LogP contribution in [0.1, 0.15) is 31.7 Å². The summed E-state index contributed by atoms with van der Waals surface area (Å²) >= 11 is 0. The minimum atomic E-state index is 0.291. The molecule has 3 nitrogen and oxygen atoms in total. The van der Waals surface area contributed by atoms with Crippen LogP contribution in [0.3, 0.4) is 0 Å². The maximum Gasteiger partial charge on any atom is 0.0377 e. The Morgan fingerprint density at radius 1 is 1.43 bits per heavy atom. The lowest BCUT2D eigenvalue weighted by Gasteiger charge is -2.10. The number of nitrogens with zero attached hydrogens (tertiary/aromatic N) is 1. The number of rotatable bonds is 5. The van der Waals surface area contributed by atoms with Crippen molar-refractivity contribution in [2.75, 3.05) is 5.73 Å². The summed E-state index contributed by atoms with van der Waals surface area (Å²) in [6, 6.07) is 2.13. The average molecular weight is 193 g/mol. The molecule has 14 heavy (non-hydrogen) atoms. The Hall–Kier alpha value is -1.09. The van der Waals surface area contributed by atoms with Crippen molar-refractivity contribution in [2.45, 2.75) is 38.6 Å². The molecule has 1 rings (SSSR count). The Morgan fingerprint density at radius 2 is 2.21 bits per heavy atom. The first-order valence-corrected chi connectivity index (χ1v) is 5.18. The predicted molar refractivity (Wildman–Crippen MR) is 59.9 cm³/mol. The third-order valence-electron chi connectivity index (χ3n) is 2.39. The van der Waals surface area contributed by atoms with Gasteiger partial charge in [0.15, 0.2) is 0 Å². The molecular weight excluding hydrogens is 174 g/mol. The molecule has 0 saturated carbocycles. The fraction of sp³-hybridized carbons (Fsp3) is 0.545. The number of aromatic nitrogens is 1. The van der Waals surface area contributed by atoms with Gasteiger partial charge in [-0.25, -0.2) is 0 Å². The van der Waals surface area contributed by atoms with Gasteiger partial charge in [-0.2, -0.15) is 0 Å². The van der Waals surface area contributed by atoms with E-state index < -0.39 is 0 Å². The Balaban J connectivity index is 2.41. The quantitative estimate of drug-likeness (QED) is 0.748. The van der Waals surface area contributed by atoms with E-state index in [-0.39, 0.29) is 0 Å². The summed E-state index contributed by atoms with van der Waals surface area (Å²) in [7, 11) is 0. The summed E-state index contributed by atoms with van der Waals surface area (Å²) in [4.78, 5) is 4.05. The molecule has 3 heteroatoms. The molecule has 1 atom stereocenters. The lowest BCUT2D eigenvalue weighted by Crippen LogP contribution is -2.20. The van der Waals surface area contributed by atoms with Crippen molar-refractivity contribution in [3.05, 3.63) is 24.0 Å².